The zero-order valence-electron chi connectivity index (χ0n) is 15.1. The molecule has 0 aromatic carbocycles. The molecule has 0 spiro atoms. The van der Waals surface area contributed by atoms with E-state index in [1.807, 2.05) is 6.07 Å². The SMILES string of the molecule is N#CCCOP(N)OCCCCCCOCC1[C@H]2CCC#CCC[C@@H]12. The minimum absolute atomic E-state index is 0.353. The molecule has 25 heavy (non-hydrogen) atoms. The lowest BCUT2D eigenvalue weighted by Gasteiger charge is -2.11. The molecule has 0 aliphatic heterocycles. The quantitative estimate of drug-likeness (QED) is 0.301. The topological polar surface area (TPSA) is 77.5 Å². The van der Waals surface area contributed by atoms with Crippen LogP contribution in [0.1, 0.15) is 57.8 Å². The van der Waals surface area contributed by atoms with Gasteiger partial charge in [0.2, 0.25) is 0 Å². The first-order valence-corrected chi connectivity index (χ1v) is 10.8. The minimum Gasteiger partial charge on any atom is -0.381 e. The standard InChI is InChI=1S/C19H31N2O3P/c20-12-9-15-24-25(21)23-14-8-4-3-7-13-22-16-19-17-10-5-1-2-6-11-18(17)19/h17-19H,3-11,13-16,21H2/t17-,18+,19?,25?. The average molecular weight is 366 g/mol. The van der Waals surface area contributed by atoms with Crippen LogP contribution in [0.4, 0.5) is 0 Å². The molecule has 2 rings (SSSR count). The number of ether oxygens (including phenoxy) is 1. The molecule has 0 amide bonds. The molecule has 2 N–H and O–H groups in total. The fourth-order valence-corrected chi connectivity index (χ4v) is 4.19. The summed E-state index contributed by atoms with van der Waals surface area (Å²) in [5.74, 6) is 9.07. The summed E-state index contributed by atoms with van der Waals surface area (Å²) in [4.78, 5) is 0. The van der Waals surface area contributed by atoms with Crippen molar-refractivity contribution in [2.24, 2.45) is 23.3 Å². The Morgan fingerprint density at radius 1 is 0.960 bits per heavy atom. The molecule has 0 heterocycles. The predicted octanol–water partition coefficient (Wildman–Crippen LogP) is 4.14. The third-order valence-electron chi connectivity index (χ3n) is 4.98. The zero-order chi connectivity index (χ0) is 17.7. The van der Waals surface area contributed by atoms with Crippen molar-refractivity contribution in [1.29, 1.82) is 5.26 Å². The van der Waals surface area contributed by atoms with E-state index in [0.29, 0.717) is 19.6 Å². The van der Waals surface area contributed by atoms with Crippen molar-refractivity contribution in [2.75, 3.05) is 26.4 Å². The van der Waals surface area contributed by atoms with E-state index in [1.54, 1.807) is 0 Å². The highest BCUT2D eigenvalue weighted by Crippen LogP contribution is 2.52. The number of nitrogens with two attached hydrogens (primary N) is 1. The maximum Gasteiger partial charge on any atom is 0.252 e. The van der Waals surface area contributed by atoms with E-state index in [9.17, 15) is 0 Å². The molecule has 1 saturated carbocycles. The Morgan fingerprint density at radius 3 is 2.28 bits per heavy atom. The van der Waals surface area contributed by atoms with Crippen molar-refractivity contribution in [2.45, 2.75) is 57.8 Å². The Morgan fingerprint density at radius 2 is 1.60 bits per heavy atom. The Labute approximate surface area is 153 Å². The Balaban J connectivity index is 1.34. The lowest BCUT2D eigenvalue weighted by molar-refractivity contribution is 0.113. The van der Waals surface area contributed by atoms with Gasteiger partial charge in [-0.2, -0.15) is 5.26 Å². The van der Waals surface area contributed by atoms with Gasteiger partial charge in [-0.05, 0) is 43.4 Å². The second-order valence-electron chi connectivity index (χ2n) is 6.77. The van der Waals surface area contributed by atoms with Crippen LogP contribution in [0.3, 0.4) is 0 Å². The predicted molar refractivity (Wildman–Crippen MR) is 99.2 cm³/mol. The number of nitrogens with zero attached hydrogens (tertiary/aromatic N) is 1. The highest BCUT2D eigenvalue weighted by molar-refractivity contribution is 7.44. The largest absolute Gasteiger partial charge is 0.381 e. The van der Waals surface area contributed by atoms with E-state index < -0.39 is 8.53 Å². The van der Waals surface area contributed by atoms with E-state index in [4.69, 9.17) is 24.6 Å². The Hall–Kier alpha value is -0.680. The van der Waals surface area contributed by atoms with Crippen molar-refractivity contribution < 1.29 is 13.8 Å². The molecule has 5 nitrogen and oxygen atoms in total. The van der Waals surface area contributed by atoms with Crippen LogP contribution in [0.15, 0.2) is 0 Å². The summed E-state index contributed by atoms with van der Waals surface area (Å²) >= 11 is 0. The summed E-state index contributed by atoms with van der Waals surface area (Å²) in [5.41, 5.74) is 5.68. The summed E-state index contributed by atoms with van der Waals surface area (Å²) in [6, 6.07) is 2.01. The van der Waals surface area contributed by atoms with Gasteiger partial charge in [0.05, 0.1) is 25.7 Å². The lowest BCUT2D eigenvalue weighted by atomic mass is 10.1. The Kier molecular flexibility index (Phi) is 10.4. The summed E-state index contributed by atoms with van der Waals surface area (Å²) in [6.07, 6.45) is 9.44. The van der Waals surface area contributed by atoms with E-state index >= 15 is 0 Å². The van der Waals surface area contributed by atoms with Gasteiger partial charge in [-0.25, -0.2) is 0 Å². The minimum atomic E-state index is -1.32. The first kappa shape index (κ1) is 20.6. The highest BCUT2D eigenvalue weighted by atomic mass is 31.2. The second-order valence-corrected chi connectivity index (χ2v) is 7.86. The molecular weight excluding hydrogens is 335 g/mol. The lowest BCUT2D eigenvalue weighted by Crippen LogP contribution is -2.02. The molecule has 4 atom stereocenters. The molecule has 140 valence electrons. The molecule has 2 unspecified atom stereocenters. The first-order chi connectivity index (χ1) is 12.3. The zero-order valence-corrected chi connectivity index (χ0v) is 16.0. The average Bonchev–Trinajstić information content (AvgIpc) is 3.22. The van der Waals surface area contributed by atoms with Crippen molar-refractivity contribution in [1.82, 2.24) is 0 Å². The first-order valence-electron chi connectivity index (χ1n) is 9.54. The van der Waals surface area contributed by atoms with E-state index in [0.717, 1.165) is 69.5 Å². The number of fused-ring (bicyclic) bond motifs is 1. The highest BCUT2D eigenvalue weighted by Gasteiger charge is 2.48. The van der Waals surface area contributed by atoms with Crippen LogP contribution in [0.5, 0.6) is 0 Å². The van der Waals surface area contributed by atoms with E-state index in [1.165, 1.54) is 12.8 Å². The van der Waals surface area contributed by atoms with Crippen LogP contribution in [0.2, 0.25) is 0 Å². The van der Waals surface area contributed by atoms with E-state index in [-0.39, 0.29) is 0 Å². The fourth-order valence-electron chi connectivity index (χ4n) is 3.53. The maximum absolute atomic E-state index is 8.40. The molecule has 1 fully saturated rings. The monoisotopic (exact) mass is 366 g/mol. The smallest absolute Gasteiger partial charge is 0.252 e. The molecular formula is C19H31N2O3P. The van der Waals surface area contributed by atoms with Crippen LogP contribution in [0.25, 0.3) is 0 Å². The molecule has 2 aliphatic carbocycles. The molecule has 0 bridgehead atoms. The van der Waals surface area contributed by atoms with Gasteiger partial charge in [0, 0.05) is 26.1 Å². The van der Waals surface area contributed by atoms with Gasteiger partial charge < -0.3 is 13.8 Å². The number of rotatable bonds is 13. The third kappa shape index (κ3) is 8.50. The fraction of sp³-hybridized carbons (Fsp3) is 0.842. The van der Waals surface area contributed by atoms with Gasteiger partial charge in [-0.1, -0.05) is 12.8 Å². The summed E-state index contributed by atoms with van der Waals surface area (Å²) in [7, 11) is -1.32. The van der Waals surface area contributed by atoms with Crippen LogP contribution >= 0.6 is 8.53 Å². The molecule has 0 radical (unpaired) electrons. The number of nitriles is 1. The maximum atomic E-state index is 8.40. The normalized spacial score (nSPS) is 25.7. The van der Waals surface area contributed by atoms with Crippen molar-refractivity contribution in [3.8, 4) is 17.9 Å². The summed E-state index contributed by atoms with van der Waals surface area (Å²) in [6.45, 7) is 2.79. The van der Waals surface area contributed by atoms with E-state index in [2.05, 4.69) is 11.8 Å². The van der Waals surface area contributed by atoms with Gasteiger partial charge >= 0.3 is 0 Å². The summed E-state index contributed by atoms with van der Waals surface area (Å²) in [5, 5.41) is 8.40. The van der Waals surface area contributed by atoms with Crippen LogP contribution < -0.4 is 5.50 Å². The van der Waals surface area contributed by atoms with Gasteiger partial charge in [0.15, 0.2) is 0 Å². The van der Waals surface area contributed by atoms with Crippen molar-refractivity contribution in [3.05, 3.63) is 0 Å². The van der Waals surface area contributed by atoms with Crippen LogP contribution in [-0.4, -0.2) is 26.4 Å². The van der Waals surface area contributed by atoms with Crippen molar-refractivity contribution in [3.63, 3.8) is 0 Å². The van der Waals surface area contributed by atoms with Crippen LogP contribution in [-0.2, 0) is 13.8 Å². The molecule has 6 heteroatoms. The molecule has 0 saturated heterocycles. The van der Waals surface area contributed by atoms with Crippen LogP contribution in [0, 0.1) is 40.9 Å². The number of unbranched alkanes of at least 4 members (excludes halogenated alkanes) is 3. The van der Waals surface area contributed by atoms with Gasteiger partial charge in [0.1, 0.15) is 0 Å². The number of hydrogen-bond acceptors (Lipinski definition) is 5. The van der Waals surface area contributed by atoms with Gasteiger partial charge in [-0.15, -0.1) is 11.8 Å². The third-order valence-corrected chi connectivity index (χ3v) is 5.86. The van der Waals surface area contributed by atoms with Crippen molar-refractivity contribution >= 4 is 8.53 Å². The molecule has 2 aliphatic rings. The second kappa shape index (κ2) is 12.6. The van der Waals surface area contributed by atoms with Gasteiger partial charge in [-0.3, -0.25) is 5.50 Å². The number of hydrogen-bond donors (Lipinski definition) is 1. The molecule has 0 aromatic rings. The Bertz CT molecular complexity index is 454. The molecule has 0 aromatic heterocycles. The van der Waals surface area contributed by atoms with Gasteiger partial charge in [0.25, 0.3) is 8.53 Å². The summed E-state index contributed by atoms with van der Waals surface area (Å²) < 4.78 is 16.5.